The number of aliphatic hydroxyl groups is 1. The van der Waals surface area contributed by atoms with Crippen molar-refractivity contribution in [3.05, 3.63) is 42.4 Å². The molecule has 0 saturated heterocycles. The number of nitrogens with zero attached hydrogens (tertiary/aromatic N) is 1. The van der Waals surface area contributed by atoms with Crippen LogP contribution in [0, 0.1) is 0 Å². The van der Waals surface area contributed by atoms with Crippen molar-refractivity contribution in [3.63, 3.8) is 0 Å². The summed E-state index contributed by atoms with van der Waals surface area (Å²) in [5.74, 6) is 1.11. The number of amides is 2. The van der Waals surface area contributed by atoms with E-state index in [9.17, 15) is 4.79 Å². The molecule has 0 bridgehead atoms. The Hall–Kier alpha value is -2.34. The van der Waals surface area contributed by atoms with Gasteiger partial charge >= 0.3 is 6.03 Å². The van der Waals surface area contributed by atoms with Gasteiger partial charge in [0.05, 0.1) is 12.7 Å². The standard InChI is InChI=1S/C17H23N3O3/c1-3-17(2,9-10-21)20-16(22)19-12-15-18-11-14(23-15)13-7-5-4-6-8-13/h4-8,11,21H,3,9-10,12H2,1-2H3,(H2,19,20,22). The van der Waals surface area contributed by atoms with Gasteiger partial charge in [-0.1, -0.05) is 37.3 Å². The van der Waals surface area contributed by atoms with Gasteiger partial charge in [-0.3, -0.25) is 0 Å². The van der Waals surface area contributed by atoms with Crippen molar-refractivity contribution in [2.75, 3.05) is 6.61 Å². The Kier molecular flexibility index (Phi) is 5.76. The van der Waals surface area contributed by atoms with E-state index in [1.54, 1.807) is 6.20 Å². The summed E-state index contributed by atoms with van der Waals surface area (Å²) in [6.45, 7) is 4.11. The number of benzene rings is 1. The van der Waals surface area contributed by atoms with Crippen LogP contribution in [0.25, 0.3) is 11.3 Å². The third-order valence-corrected chi connectivity index (χ3v) is 3.87. The number of carbonyl (C=O) groups excluding carboxylic acids is 1. The maximum absolute atomic E-state index is 12.0. The molecule has 1 atom stereocenters. The maximum atomic E-state index is 12.0. The van der Waals surface area contributed by atoms with Gasteiger partial charge in [-0.25, -0.2) is 9.78 Å². The Balaban J connectivity index is 1.89. The van der Waals surface area contributed by atoms with Crippen LogP contribution in [0.2, 0.25) is 0 Å². The van der Waals surface area contributed by atoms with Crippen LogP contribution in [0.3, 0.4) is 0 Å². The van der Waals surface area contributed by atoms with Crippen molar-refractivity contribution >= 4 is 6.03 Å². The van der Waals surface area contributed by atoms with Crippen molar-refractivity contribution in [1.82, 2.24) is 15.6 Å². The van der Waals surface area contributed by atoms with Gasteiger partial charge in [-0.15, -0.1) is 0 Å². The van der Waals surface area contributed by atoms with Gasteiger partial charge in [0.1, 0.15) is 0 Å². The lowest BCUT2D eigenvalue weighted by molar-refractivity contribution is 0.200. The zero-order valence-electron chi connectivity index (χ0n) is 13.5. The highest BCUT2D eigenvalue weighted by Crippen LogP contribution is 2.19. The third-order valence-electron chi connectivity index (χ3n) is 3.87. The van der Waals surface area contributed by atoms with Crippen LogP contribution in [-0.2, 0) is 6.54 Å². The molecule has 0 saturated carbocycles. The molecule has 1 unspecified atom stereocenters. The number of oxazole rings is 1. The second-order valence-electron chi connectivity index (χ2n) is 5.68. The SMILES string of the molecule is CCC(C)(CCO)NC(=O)NCc1ncc(-c2ccccc2)o1. The molecule has 3 N–H and O–H groups in total. The van der Waals surface area contributed by atoms with Gasteiger partial charge in [0.25, 0.3) is 0 Å². The fourth-order valence-electron chi connectivity index (χ4n) is 2.18. The van der Waals surface area contributed by atoms with Gasteiger partial charge in [-0.05, 0) is 19.8 Å². The Bertz CT molecular complexity index is 627. The quantitative estimate of drug-likeness (QED) is 0.732. The third kappa shape index (κ3) is 4.82. The molecular formula is C17H23N3O3. The van der Waals surface area contributed by atoms with Gasteiger partial charge in [0, 0.05) is 17.7 Å². The number of hydrogen-bond acceptors (Lipinski definition) is 4. The number of aromatic nitrogens is 1. The number of carbonyl (C=O) groups is 1. The summed E-state index contributed by atoms with van der Waals surface area (Å²) in [5, 5.41) is 14.7. The second kappa shape index (κ2) is 7.78. The summed E-state index contributed by atoms with van der Waals surface area (Å²) < 4.78 is 5.63. The van der Waals surface area contributed by atoms with Gasteiger partial charge < -0.3 is 20.2 Å². The summed E-state index contributed by atoms with van der Waals surface area (Å²) in [4.78, 5) is 16.1. The van der Waals surface area contributed by atoms with E-state index < -0.39 is 5.54 Å². The minimum absolute atomic E-state index is 0.0325. The van der Waals surface area contributed by atoms with Crippen LogP contribution in [-0.4, -0.2) is 28.3 Å². The topological polar surface area (TPSA) is 87.4 Å². The first-order valence-electron chi connectivity index (χ1n) is 7.73. The Labute approximate surface area is 135 Å². The van der Waals surface area contributed by atoms with E-state index in [1.807, 2.05) is 44.2 Å². The minimum atomic E-state index is -0.426. The van der Waals surface area contributed by atoms with Crippen LogP contribution in [0.15, 0.2) is 40.9 Å². The summed E-state index contributed by atoms with van der Waals surface area (Å²) >= 11 is 0. The highest BCUT2D eigenvalue weighted by atomic mass is 16.4. The monoisotopic (exact) mass is 317 g/mol. The summed E-state index contributed by atoms with van der Waals surface area (Å²) in [6, 6.07) is 9.36. The predicted octanol–water partition coefficient (Wildman–Crippen LogP) is 2.69. The molecule has 0 fully saturated rings. The normalized spacial score (nSPS) is 13.3. The van der Waals surface area contributed by atoms with Gasteiger partial charge in [0.2, 0.25) is 5.89 Å². The van der Waals surface area contributed by atoms with Crippen molar-refractivity contribution < 1.29 is 14.3 Å². The lowest BCUT2D eigenvalue weighted by Gasteiger charge is -2.28. The van der Waals surface area contributed by atoms with Crippen molar-refractivity contribution in [1.29, 1.82) is 0 Å². The molecule has 2 amide bonds. The lowest BCUT2D eigenvalue weighted by atomic mass is 9.95. The van der Waals surface area contributed by atoms with Crippen molar-refractivity contribution in [2.24, 2.45) is 0 Å². The number of hydrogen-bond donors (Lipinski definition) is 3. The number of rotatable bonds is 7. The van der Waals surface area contributed by atoms with Crippen LogP contribution in [0.4, 0.5) is 4.79 Å². The Morgan fingerprint density at radius 1 is 1.35 bits per heavy atom. The van der Waals surface area contributed by atoms with Crippen LogP contribution in [0.5, 0.6) is 0 Å². The number of urea groups is 1. The molecule has 0 aliphatic heterocycles. The predicted molar refractivity (Wildman–Crippen MR) is 87.7 cm³/mol. The van der Waals surface area contributed by atoms with Crippen molar-refractivity contribution in [2.45, 2.75) is 38.8 Å². The van der Waals surface area contributed by atoms with E-state index >= 15 is 0 Å². The molecule has 1 heterocycles. The van der Waals surface area contributed by atoms with Gasteiger partial charge in [0.15, 0.2) is 5.76 Å². The molecule has 2 rings (SSSR count). The van der Waals surface area contributed by atoms with E-state index in [-0.39, 0.29) is 19.2 Å². The first-order valence-corrected chi connectivity index (χ1v) is 7.73. The fourth-order valence-corrected chi connectivity index (χ4v) is 2.18. The number of nitrogens with one attached hydrogen (secondary N) is 2. The zero-order chi connectivity index (χ0) is 16.7. The first-order chi connectivity index (χ1) is 11.1. The smallest absolute Gasteiger partial charge is 0.315 e. The van der Waals surface area contributed by atoms with E-state index in [0.29, 0.717) is 18.1 Å². The molecule has 1 aromatic heterocycles. The largest absolute Gasteiger partial charge is 0.439 e. The molecule has 0 aliphatic carbocycles. The highest BCUT2D eigenvalue weighted by Gasteiger charge is 2.23. The van der Waals surface area contributed by atoms with E-state index in [2.05, 4.69) is 15.6 Å². The molecule has 124 valence electrons. The van der Waals surface area contributed by atoms with E-state index in [0.717, 1.165) is 12.0 Å². The summed E-state index contributed by atoms with van der Waals surface area (Å²) in [7, 11) is 0. The molecule has 6 heteroatoms. The Morgan fingerprint density at radius 3 is 2.74 bits per heavy atom. The zero-order valence-corrected chi connectivity index (χ0v) is 13.5. The molecule has 1 aromatic carbocycles. The van der Waals surface area contributed by atoms with E-state index in [4.69, 9.17) is 9.52 Å². The molecule has 2 aromatic rings. The molecule has 23 heavy (non-hydrogen) atoms. The van der Waals surface area contributed by atoms with Crippen LogP contribution in [0.1, 0.15) is 32.6 Å². The van der Waals surface area contributed by atoms with E-state index in [1.165, 1.54) is 0 Å². The number of aliphatic hydroxyl groups excluding tert-OH is 1. The summed E-state index contributed by atoms with van der Waals surface area (Å²) in [6.07, 6.45) is 2.89. The van der Waals surface area contributed by atoms with Crippen LogP contribution >= 0.6 is 0 Å². The summed E-state index contributed by atoms with van der Waals surface area (Å²) in [5.41, 5.74) is 0.516. The molecular weight excluding hydrogens is 294 g/mol. The maximum Gasteiger partial charge on any atom is 0.315 e. The Morgan fingerprint density at radius 2 is 2.09 bits per heavy atom. The average molecular weight is 317 g/mol. The first kappa shape index (κ1) is 17.0. The average Bonchev–Trinajstić information content (AvgIpc) is 3.03. The second-order valence-corrected chi connectivity index (χ2v) is 5.68. The van der Waals surface area contributed by atoms with Crippen LogP contribution < -0.4 is 10.6 Å². The minimum Gasteiger partial charge on any atom is -0.439 e. The van der Waals surface area contributed by atoms with Gasteiger partial charge in [-0.2, -0.15) is 0 Å². The molecule has 0 radical (unpaired) electrons. The van der Waals surface area contributed by atoms with Crippen molar-refractivity contribution in [3.8, 4) is 11.3 Å². The highest BCUT2D eigenvalue weighted by molar-refractivity contribution is 5.74. The lowest BCUT2D eigenvalue weighted by Crippen LogP contribution is -2.50. The fraction of sp³-hybridized carbons (Fsp3) is 0.412. The molecule has 0 spiro atoms. The molecule has 0 aliphatic rings. The molecule has 6 nitrogen and oxygen atoms in total.